The van der Waals surface area contributed by atoms with Crippen molar-refractivity contribution in [1.29, 1.82) is 0 Å². The number of piperidine rings is 1. The van der Waals surface area contributed by atoms with Crippen LogP contribution in [0.2, 0.25) is 0 Å². The number of nitrogens with one attached hydrogen (secondary N) is 2. The van der Waals surface area contributed by atoms with Crippen molar-refractivity contribution in [2.45, 2.75) is 25.4 Å². The summed E-state index contributed by atoms with van der Waals surface area (Å²) in [5, 5.41) is 5.55. The first kappa shape index (κ1) is 36.5. The highest BCUT2D eigenvalue weighted by Crippen LogP contribution is 2.32. The normalized spacial score (nSPS) is 15.2. The van der Waals surface area contributed by atoms with E-state index in [0.29, 0.717) is 25.3 Å². The molecule has 0 unspecified atom stereocenters. The van der Waals surface area contributed by atoms with Crippen LogP contribution < -0.4 is 15.5 Å². The molecule has 52 heavy (non-hydrogen) atoms. The smallest absolute Gasteiger partial charge is 0.379 e. The van der Waals surface area contributed by atoms with Gasteiger partial charge in [-0.1, -0.05) is 18.2 Å². The van der Waals surface area contributed by atoms with Crippen LogP contribution in [0.5, 0.6) is 0 Å². The van der Waals surface area contributed by atoms with Gasteiger partial charge in [0.2, 0.25) is 0 Å². The van der Waals surface area contributed by atoms with Crippen molar-refractivity contribution in [1.82, 2.24) is 19.8 Å². The van der Waals surface area contributed by atoms with Gasteiger partial charge in [0.05, 0.1) is 48.1 Å². The van der Waals surface area contributed by atoms with Crippen molar-refractivity contribution in [3.63, 3.8) is 0 Å². The van der Waals surface area contributed by atoms with Crippen LogP contribution in [-0.4, -0.2) is 97.0 Å². The lowest BCUT2D eigenvalue weighted by molar-refractivity contribution is -0.137. The molecule has 2 saturated heterocycles. The van der Waals surface area contributed by atoms with E-state index in [1.54, 1.807) is 42.3 Å². The summed E-state index contributed by atoms with van der Waals surface area (Å²) < 4.78 is 45.1. The molecule has 6 rings (SSSR count). The third-order valence-electron chi connectivity index (χ3n) is 9.17. The number of alkyl halides is 3. The van der Waals surface area contributed by atoms with Gasteiger partial charge >= 0.3 is 6.18 Å². The number of rotatable bonds is 10. The van der Waals surface area contributed by atoms with E-state index in [0.717, 1.165) is 69.8 Å². The molecule has 3 heterocycles. The Morgan fingerprint density at radius 3 is 2.31 bits per heavy atom. The average Bonchev–Trinajstić information content (AvgIpc) is 3.17. The van der Waals surface area contributed by atoms with E-state index in [2.05, 4.69) is 30.4 Å². The first-order valence-corrected chi connectivity index (χ1v) is 17.2. The van der Waals surface area contributed by atoms with Gasteiger partial charge in [0.15, 0.2) is 5.82 Å². The molecule has 0 bridgehead atoms. The predicted molar refractivity (Wildman–Crippen MR) is 192 cm³/mol. The summed E-state index contributed by atoms with van der Waals surface area (Å²) >= 11 is 0. The van der Waals surface area contributed by atoms with Crippen LogP contribution in [0.25, 0.3) is 11.3 Å². The number of hydrogen-bond donors (Lipinski definition) is 2. The number of hydrogen-bond acceptors (Lipinski definition) is 8. The Kier molecular flexibility index (Phi) is 11.5. The topological polar surface area (TPSA) is 120 Å². The van der Waals surface area contributed by atoms with E-state index in [9.17, 15) is 27.6 Å². The minimum absolute atomic E-state index is 0.0744. The fourth-order valence-electron chi connectivity index (χ4n) is 6.18. The van der Waals surface area contributed by atoms with Crippen LogP contribution >= 0.6 is 0 Å². The summed E-state index contributed by atoms with van der Waals surface area (Å²) in [6, 6.07) is 16.4. The molecule has 3 aromatic carbocycles. The molecule has 2 aliphatic heterocycles. The van der Waals surface area contributed by atoms with Crippen LogP contribution in [0.1, 0.15) is 55.9 Å². The zero-order valence-electron chi connectivity index (χ0n) is 28.8. The van der Waals surface area contributed by atoms with Gasteiger partial charge in [-0.05, 0) is 67.8 Å². The first-order chi connectivity index (χ1) is 25.0. The van der Waals surface area contributed by atoms with Gasteiger partial charge < -0.3 is 25.2 Å². The van der Waals surface area contributed by atoms with Gasteiger partial charge in [-0.25, -0.2) is 4.98 Å². The zero-order chi connectivity index (χ0) is 36.7. The summed E-state index contributed by atoms with van der Waals surface area (Å²) in [6.07, 6.45) is 1.20. The van der Waals surface area contributed by atoms with Crippen molar-refractivity contribution < 1.29 is 32.3 Å². The lowest BCUT2D eigenvalue weighted by Crippen LogP contribution is -2.41. The SMILES string of the molecule is CN(CCN1CCOCC1)C(=O)c1cccc(C(=O)Nc2ccc(N3CCCCC3)cc2C(=O)Nc2cnc(-c3cccc(C(F)(F)F)c3)cn2)c1. The average molecular weight is 716 g/mol. The van der Waals surface area contributed by atoms with Gasteiger partial charge in [-0.2, -0.15) is 13.2 Å². The van der Waals surface area contributed by atoms with E-state index >= 15 is 0 Å². The Morgan fingerprint density at radius 2 is 1.58 bits per heavy atom. The Hall–Kier alpha value is -5.34. The van der Waals surface area contributed by atoms with Crippen molar-refractivity contribution >= 4 is 34.9 Å². The number of halogens is 3. The number of anilines is 3. The number of benzene rings is 3. The molecule has 2 aliphatic rings. The molecule has 0 aliphatic carbocycles. The van der Waals surface area contributed by atoms with Gasteiger partial charge in [0, 0.05) is 68.7 Å². The number of aromatic nitrogens is 2. The molecule has 1 aromatic heterocycles. The molecule has 14 heteroatoms. The molecule has 3 amide bonds. The molecular weight excluding hydrogens is 675 g/mol. The summed E-state index contributed by atoms with van der Waals surface area (Å²) in [5.41, 5.74) is 1.47. The second-order valence-electron chi connectivity index (χ2n) is 12.8. The summed E-state index contributed by atoms with van der Waals surface area (Å²) in [6.45, 7) is 5.89. The van der Waals surface area contributed by atoms with Gasteiger partial charge in [-0.15, -0.1) is 0 Å². The van der Waals surface area contributed by atoms with Crippen LogP contribution in [0.4, 0.5) is 30.4 Å². The lowest BCUT2D eigenvalue weighted by Gasteiger charge is -2.29. The Balaban J connectivity index is 1.18. The minimum Gasteiger partial charge on any atom is -0.379 e. The van der Waals surface area contributed by atoms with Crippen LogP contribution in [0, 0.1) is 0 Å². The van der Waals surface area contributed by atoms with E-state index in [1.165, 1.54) is 30.6 Å². The van der Waals surface area contributed by atoms with Crippen molar-refractivity contribution in [3.8, 4) is 11.3 Å². The summed E-state index contributed by atoms with van der Waals surface area (Å²) in [5.74, 6) is -1.21. The molecular formula is C38H40F3N7O4. The molecule has 4 aromatic rings. The predicted octanol–water partition coefficient (Wildman–Crippen LogP) is 6.06. The zero-order valence-corrected chi connectivity index (χ0v) is 28.8. The third kappa shape index (κ3) is 9.11. The number of carbonyl (C=O) groups is 3. The van der Waals surface area contributed by atoms with Crippen LogP contribution in [0.3, 0.4) is 0 Å². The van der Waals surface area contributed by atoms with Gasteiger partial charge in [-0.3, -0.25) is 24.3 Å². The van der Waals surface area contributed by atoms with Crippen LogP contribution in [-0.2, 0) is 10.9 Å². The second-order valence-corrected chi connectivity index (χ2v) is 12.8. The maximum atomic E-state index is 13.8. The summed E-state index contributed by atoms with van der Waals surface area (Å²) in [7, 11) is 1.73. The van der Waals surface area contributed by atoms with E-state index in [4.69, 9.17) is 4.74 Å². The molecule has 2 fully saturated rings. The molecule has 0 atom stereocenters. The molecule has 11 nitrogen and oxygen atoms in total. The van der Waals surface area contributed by atoms with Gasteiger partial charge in [0.1, 0.15) is 0 Å². The Morgan fingerprint density at radius 1 is 0.827 bits per heavy atom. The number of likely N-dealkylation sites (N-methyl/N-ethyl adjacent to an activating group) is 1. The van der Waals surface area contributed by atoms with Crippen molar-refractivity contribution in [2.24, 2.45) is 0 Å². The lowest BCUT2D eigenvalue weighted by atomic mass is 10.1. The van der Waals surface area contributed by atoms with E-state index in [-0.39, 0.29) is 39.8 Å². The minimum atomic E-state index is -4.51. The molecule has 0 saturated carbocycles. The quantitative estimate of drug-likeness (QED) is 0.204. The molecule has 0 radical (unpaired) electrons. The first-order valence-electron chi connectivity index (χ1n) is 17.2. The number of amides is 3. The number of nitrogens with zero attached hydrogens (tertiary/aromatic N) is 5. The van der Waals surface area contributed by atoms with E-state index < -0.39 is 23.6 Å². The number of morpholine rings is 1. The fraction of sp³-hybridized carbons (Fsp3) is 0.342. The van der Waals surface area contributed by atoms with Crippen LogP contribution in [0.15, 0.2) is 79.1 Å². The highest BCUT2D eigenvalue weighted by molar-refractivity contribution is 6.13. The molecule has 2 N–H and O–H groups in total. The standard InChI is InChI=1S/C38H40F3N7O4/c1-46(15-16-47-17-19-52-20-18-47)37(51)28-9-5-8-27(21-28)35(49)44-32-12-11-30(48-13-3-2-4-14-48)23-31(32)36(50)45-34-25-42-33(24-43-34)26-7-6-10-29(22-26)38(39,40)41/h5-12,21-25H,2-4,13-20H2,1H3,(H,44,49)(H,43,45,50). The monoisotopic (exact) mass is 715 g/mol. The maximum absolute atomic E-state index is 13.8. The van der Waals surface area contributed by atoms with Crippen molar-refractivity contribution in [3.05, 3.63) is 101 Å². The van der Waals surface area contributed by atoms with Gasteiger partial charge in [0.25, 0.3) is 17.7 Å². The number of ether oxygens (including phenoxy) is 1. The highest BCUT2D eigenvalue weighted by Gasteiger charge is 2.30. The third-order valence-corrected chi connectivity index (χ3v) is 9.17. The van der Waals surface area contributed by atoms with Crippen molar-refractivity contribution in [2.75, 3.05) is 75.1 Å². The number of carbonyl (C=O) groups excluding carboxylic acids is 3. The van der Waals surface area contributed by atoms with E-state index in [1.807, 2.05) is 6.07 Å². The Labute approximate surface area is 299 Å². The second kappa shape index (κ2) is 16.3. The Bertz CT molecular complexity index is 1890. The fourth-order valence-corrected chi connectivity index (χ4v) is 6.18. The molecule has 272 valence electrons. The summed E-state index contributed by atoms with van der Waals surface area (Å²) in [4.78, 5) is 55.1. The highest BCUT2D eigenvalue weighted by atomic mass is 19.4. The largest absolute Gasteiger partial charge is 0.416 e. The maximum Gasteiger partial charge on any atom is 0.416 e. The molecule has 0 spiro atoms.